The van der Waals surface area contributed by atoms with E-state index in [2.05, 4.69) is 0 Å². The Balaban J connectivity index is 2.17. The molecule has 6 heteroatoms. The molecule has 0 amide bonds. The minimum Gasteiger partial charge on any atom is -0.454 e. The third-order valence-corrected chi connectivity index (χ3v) is 3.28. The summed E-state index contributed by atoms with van der Waals surface area (Å²) in [7, 11) is 0. The van der Waals surface area contributed by atoms with Gasteiger partial charge < -0.3 is 9.47 Å². The van der Waals surface area contributed by atoms with Crippen LogP contribution >= 0.6 is 11.6 Å². The van der Waals surface area contributed by atoms with E-state index in [1.165, 1.54) is 6.07 Å². The van der Waals surface area contributed by atoms with E-state index in [1.54, 1.807) is 18.2 Å². The predicted molar refractivity (Wildman–Crippen MR) is 68.0 cm³/mol. The van der Waals surface area contributed by atoms with Crippen LogP contribution in [-0.4, -0.2) is 6.79 Å². The maximum Gasteiger partial charge on any atom is 0.416 e. The molecule has 0 fully saturated rings. The maximum absolute atomic E-state index is 12.8. The Bertz CT molecular complexity index is 668. The first-order valence-electron chi connectivity index (χ1n) is 5.72. The molecule has 0 bridgehead atoms. The summed E-state index contributed by atoms with van der Waals surface area (Å²) in [4.78, 5) is 0. The number of rotatable bonds is 1. The van der Waals surface area contributed by atoms with E-state index in [4.69, 9.17) is 21.1 Å². The van der Waals surface area contributed by atoms with Crippen molar-refractivity contribution in [3.8, 4) is 22.6 Å². The molecular weight excluding hydrogens is 293 g/mol. The third kappa shape index (κ3) is 2.18. The van der Waals surface area contributed by atoms with Crippen LogP contribution < -0.4 is 9.47 Å². The van der Waals surface area contributed by atoms with E-state index in [9.17, 15) is 13.2 Å². The first kappa shape index (κ1) is 13.1. The SMILES string of the molecule is FC(F)(F)c1cccc(-c2c(Cl)ccc3c2OCO3)c1. The van der Waals surface area contributed by atoms with Gasteiger partial charge in [-0.15, -0.1) is 0 Å². The molecule has 0 atom stereocenters. The summed E-state index contributed by atoms with van der Waals surface area (Å²) >= 11 is 6.09. The number of fused-ring (bicyclic) bond motifs is 1. The van der Waals surface area contributed by atoms with E-state index in [0.29, 0.717) is 27.6 Å². The lowest BCUT2D eigenvalue weighted by molar-refractivity contribution is -0.137. The zero-order valence-corrected chi connectivity index (χ0v) is 10.8. The van der Waals surface area contributed by atoms with Crippen LogP contribution in [0.2, 0.25) is 5.02 Å². The molecule has 0 unspecified atom stereocenters. The average Bonchev–Trinajstić information content (AvgIpc) is 2.86. The number of hydrogen-bond acceptors (Lipinski definition) is 2. The summed E-state index contributed by atoms with van der Waals surface area (Å²) in [5.41, 5.74) is 0.0162. The van der Waals surface area contributed by atoms with Gasteiger partial charge in [0.15, 0.2) is 11.5 Å². The molecule has 0 aromatic heterocycles. The molecule has 1 heterocycles. The highest BCUT2D eigenvalue weighted by Gasteiger charge is 2.31. The highest BCUT2D eigenvalue weighted by molar-refractivity contribution is 6.33. The first-order chi connectivity index (χ1) is 9.47. The van der Waals surface area contributed by atoms with Crippen LogP contribution in [0.3, 0.4) is 0 Å². The van der Waals surface area contributed by atoms with Gasteiger partial charge in [-0.1, -0.05) is 23.7 Å². The fourth-order valence-corrected chi connectivity index (χ4v) is 2.33. The zero-order valence-electron chi connectivity index (χ0n) is 10.00. The predicted octanol–water partition coefficient (Wildman–Crippen LogP) is 4.75. The van der Waals surface area contributed by atoms with Crippen LogP contribution in [0.25, 0.3) is 11.1 Å². The lowest BCUT2D eigenvalue weighted by Crippen LogP contribution is -2.04. The second kappa shape index (κ2) is 4.59. The molecule has 2 aromatic rings. The summed E-state index contributed by atoms with van der Waals surface area (Å²) < 4.78 is 48.8. The molecule has 1 aliphatic heterocycles. The topological polar surface area (TPSA) is 18.5 Å². The van der Waals surface area contributed by atoms with Gasteiger partial charge in [0, 0.05) is 5.56 Å². The van der Waals surface area contributed by atoms with E-state index in [0.717, 1.165) is 12.1 Å². The van der Waals surface area contributed by atoms with Crippen molar-refractivity contribution in [2.45, 2.75) is 6.18 Å². The minimum absolute atomic E-state index is 0.0294. The van der Waals surface area contributed by atoms with E-state index >= 15 is 0 Å². The Hall–Kier alpha value is -1.88. The Morgan fingerprint density at radius 2 is 1.85 bits per heavy atom. The van der Waals surface area contributed by atoms with Crippen molar-refractivity contribution in [2.75, 3.05) is 6.79 Å². The lowest BCUT2D eigenvalue weighted by atomic mass is 10.0. The van der Waals surface area contributed by atoms with Gasteiger partial charge in [0.2, 0.25) is 6.79 Å². The lowest BCUT2D eigenvalue weighted by Gasteiger charge is -2.11. The Morgan fingerprint density at radius 1 is 1.05 bits per heavy atom. The van der Waals surface area contributed by atoms with E-state index in [1.807, 2.05) is 0 Å². The monoisotopic (exact) mass is 300 g/mol. The van der Waals surface area contributed by atoms with Gasteiger partial charge in [-0.25, -0.2) is 0 Å². The Kier molecular flexibility index (Phi) is 3.01. The molecule has 0 radical (unpaired) electrons. The fourth-order valence-electron chi connectivity index (χ4n) is 2.07. The Morgan fingerprint density at radius 3 is 2.60 bits per heavy atom. The maximum atomic E-state index is 12.8. The molecule has 0 saturated carbocycles. The van der Waals surface area contributed by atoms with Gasteiger partial charge in [0.1, 0.15) is 0 Å². The Labute approximate surface area is 117 Å². The first-order valence-corrected chi connectivity index (χ1v) is 6.10. The number of halogens is 4. The van der Waals surface area contributed by atoms with Crippen LogP contribution in [0.15, 0.2) is 36.4 Å². The molecule has 0 saturated heterocycles. The molecule has 104 valence electrons. The normalized spacial score (nSPS) is 13.6. The van der Waals surface area contributed by atoms with Gasteiger partial charge in [-0.3, -0.25) is 0 Å². The molecule has 2 aromatic carbocycles. The second-order valence-corrected chi connectivity index (χ2v) is 4.64. The molecule has 0 spiro atoms. The molecule has 0 aliphatic carbocycles. The summed E-state index contributed by atoms with van der Waals surface area (Å²) in [5.74, 6) is 0.846. The van der Waals surface area contributed by atoms with Crippen molar-refractivity contribution in [2.24, 2.45) is 0 Å². The molecule has 0 N–H and O–H groups in total. The molecule has 1 aliphatic rings. The van der Waals surface area contributed by atoms with Gasteiger partial charge in [0.05, 0.1) is 10.6 Å². The summed E-state index contributed by atoms with van der Waals surface area (Å²) in [6.07, 6.45) is -4.40. The second-order valence-electron chi connectivity index (χ2n) is 4.23. The molecule has 2 nitrogen and oxygen atoms in total. The number of hydrogen-bond donors (Lipinski definition) is 0. The summed E-state index contributed by atoms with van der Waals surface area (Å²) in [6, 6.07) is 8.15. The molecule has 20 heavy (non-hydrogen) atoms. The smallest absolute Gasteiger partial charge is 0.416 e. The van der Waals surface area contributed by atoms with Crippen molar-refractivity contribution >= 4 is 11.6 Å². The minimum atomic E-state index is -4.40. The van der Waals surface area contributed by atoms with Crippen molar-refractivity contribution in [1.29, 1.82) is 0 Å². The number of alkyl halides is 3. The highest BCUT2D eigenvalue weighted by atomic mass is 35.5. The largest absolute Gasteiger partial charge is 0.454 e. The van der Waals surface area contributed by atoms with E-state index in [-0.39, 0.29) is 6.79 Å². The van der Waals surface area contributed by atoms with Crippen LogP contribution in [0.1, 0.15) is 5.56 Å². The zero-order chi connectivity index (χ0) is 14.3. The number of ether oxygens (including phenoxy) is 2. The summed E-state index contributed by atoms with van der Waals surface area (Å²) in [5, 5.41) is 0.313. The van der Waals surface area contributed by atoms with Gasteiger partial charge in [-0.05, 0) is 29.8 Å². The average molecular weight is 301 g/mol. The van der Waals surface area contributed by atoms with Crippen LogP contribution in [0.5, 0.6) is 11.5 Å². The standard InChI is InChI=1S/C14H8ClF3O2/c15-10-4-5-11-13(20-7-19-11)12(10)8-2-1-3-9(6-8)14(16,17)18/h1-6H,7H2. The van der Waals surface area contributed by atoms with Crippen molar-refractivity contribution in [3.05, 3.63) is 47.0 Å². The van der Waals surface area contributed by atoms with Gasteiger partial charge in [0.25, 0.3) is 0 Å². The quantitative estimate of drug-likeness (QED) is 0.756. The fraction of sp³-hybridized carbons (Fsp3) is 0.143. The number of benzene rings is 2. The van der Waals surface area contributed by atoms with Gasteiger partial charge >= 0.3 is 6.18 Å². The third-order valence-electron chi connectivity index (χ3n) is 2.97. The van der Waals surface area contributed by atoms with Crippen molar-refractivity contribution in [1.82, 2.24) is 0 Å². The van der Waals surface area contributed by atoms with Crippen LogP contribution in [0, 0.1) is 0 Å². The molecular formula is C14H8ClF3O2. The van der Waals surface area contributed by atoms with Crippen LogP contribution in [-0.2, 0) is 6.18 Å². The van der Waals surface area contributed by atoms with Crippen molar-refractivity contribution in [3.63, 3.8) is 0 Å². The van der Waals surface area contributed by atoms with Crippen LogP contribution in [0.4, 0.5) is 13.2 Å². The molecule has 3 rings (SSSR count). The van der Waals surface area contributed by atoms with E-state index < -0.39 is 11.7 Å². The highest BCUT2D eigenvalue weighted by Crippen LogP contribution is 2.46. The summed E-state index contributed by atoms with van der Waals surface area (Å²) in [6.45, 7) is 0.0294. The van der Waals surface area contributed by atoms with Gasteiger partial charge in [-0.2, -0.15) is 13.2 Å². The van der Waals surface area contributed by atoms with Crippen molar-refractivity contribution < 1.29 is 22.6 Å².